The summed E-state index contributed by atoms with van der Waals surface area (Å²) in [7, 11) is 1.63. The van der Waals surface area contributed by atoms with Crippen LogP contribution in [0.25, 0.3) is 10.1 Å². The van der Waals surface area contributed by atoms with Gasteiger partial charge in [-0.15, -0.1) is 11.3 Å². The van der Waals surface area contributed by atoms with Gasteiger partial charge in [-0.2, -0.15) is 0 Å². The summed E-state index contributed by atoms with van der Waals surface area (Å²) in [6.07, 6.45) is 3.75. The van der Waals surface area contributed by atoms with E-state index in [1.54, 1.807) is 18.4 Å². The molecular weight excluding hydrogens is 346 g/mol. The zero-order chi connectivity index (χ0) is 17.9. The molecule has 1 saturated heterocycles. The smallest absolute Gasteiger partial charge is 0.229 e. The van der Waals surface area contributed by atoms with Crippen LogP contribution in [0.15, 0.2) is 48.0 Å². The van der Waals surface area contributed by atoms with Crippen molar-refractivity contribution >= 4 is 38.8 Å². The highest BCUT2D eigenvalue weighted by Crippen LogP contribution is 2.31. The molecule has 1 unspecified atom stereocenters. The molecule has 4 rings (SSSR count). The third-order valence-electron chi connectivity index (χ3n) is 4.81. The molecule has 1 atom stereocenters. The summed E-state index contributed by atoms with van der Waals surface area (Å²) in [5.74, 6) is 1.80. The van der Waals surface area contributed by atoms with Gasteiger partial charge in [0.2, 0.25) is 5.91 Å². The summed E-state index contributed by atoms with van der Waals surface area (Å²) in [6.45, 7) is 1.64. The molecule has 2 aromatic heterocycles. The SMILES string of the molecule is COc1ccc(NC(=O)C2CCCN(c3nccc4sccc34)C2)cc1. The number of pyridine rings is 1. The lowest BCUT2D eigenvalue weighted by atomic mass is 9.96. The molecule has 5 nitrogen and oxygen atoms in total. The second kappa shape index (κ2) is 7.33. The molecule has 1 aromatic carbocycles. The van der Waals surface area contributed by atoms with Crippen molar-refractivity contribution in [2.24, 2.45) is 5.92 Å². The van der Waals surface area contributed by atoms with Gasteiger partial charge in [-0.05, 0) is 54.6 Å². The lowest BCUT2D eigenvalue weighted by Gasteiger charge is -2.33. The van der Waals surface area contributed by atoms with E-state index in [9.17, 15) is 4.79 Å². The van der Waals surface area contributed by atoms with E-state index in [4.69, 9.17) is 4.74 Å². The summed E-state index contributed by atoms with van der Waals surface area (Å²) in [5, 5.41) is 6.29. The zero-order valence-corrected chi connectivity index (χ0v) is 15.5. The average molecular weight is 367 g/mol. The summed E-state index contributed by atoms with van der Waals surface area (Å²) >= 11 is 1.72. The number of hydrogen-bond donors (Lipinski definition) is 1. The van der Waals surface area contributed by atoms with Gasteiger partial charge in [-0.1, -0.05) is 0 Å². The van der Waals surface area contributed by atoms with E-state index in [1.807, 2.05) is 36.5 Å². The first-order valence-corrected chi connectivity index (χ1v) is 9.64. The van der Waals surface area contributed by atoms with Crippen molar-refractivity contribution < 1.29 is 9.53 Å². The van der Waals surface area contributed by atoms with Gasteiger partial charge < -0.3 is 15.0 Å². The number of hydrogen-bond acceptors (Lipinski definition) is 5. The molecule has 0 radical (unpaired) electrons. The summed E-state index contributed by atoms with van der Waals surface area (Å²) < 4.78 is 6.39. The van der Waals surface area contributed by atoms with E-state index in [0.29, 0.717) is 6.54 Å². The largest absolute Gasteiger partial charge is 0.497 e. The van der Waals surface area contributed by atoms with Gasteiger partial charge in [-0.3, -0.25) is 4.79 Å². The lowest BCUT2D eigenvalue weighted by Crippen LogP contribution is -2.41. The number of benzene rings is 1. The van der Waals surface area contributed by atoms with Crippen molar-refractivity contribution in [2.75, 3.05) is 30.4 Å². The van der Waals surface area contributed by atoms with Crippen LogP contribution in [-0.2, 0) is 4.79 Å². The minimum absolute atomic E-state index is 0.0402. The topological polar surface area (TPSA) is 54.5 Å². The molecule has 1 fully saturated rings. The quantitative estimate of drug-likeness (QED) is 0.752. The van der Waals surface area contributed by atoms with Crippen LogP contribution < -0.4 is 15.0 Å². The zero-order valence-electron chi connectivity index (χ0n) is 14.6. The maximum absolute atomic E-state index is 12.7. The van der Waals surface area contributed by atoms with Crippen LogP contribution in [0.2, 0.25) is 0 Å². The number of fused-ring (bicyclic) bond motifs is 1. The van der Waals surface area contributed by atoms with Crippen molar-refractivity contribution in [2.45, 2.75) is 12.8 Å². The predicted octanol–water partition coefficient (Wildman–Crippen LogP) is 4.16. The van der Waals surface area contributed by atoms with Crippen LogP contribution >= 0.6 is 11.3 Å². The van der Waals surface area contributed by atoms with Gasteiger partial charge in [0.15, 0.2) is 0 Å². The number of carbonyl (C=O) groups is 1. The van der Waals surface area contributed by atoms with E-state index in [1.165, 1.54) is 10.1 Å². The Morgan fingerprint density at radius 2 is 2.12 bits per heavy atom. The van der Waals surface area contributed by atoms with Crippen LogP contribution in [0.1, 0.15) is 12.8 Å². The Hall–Kier alpha value is -2.60. The van der Waals surface area contributed by atoms with Crippen molar-refractivity contribution in [3.05, 3.63) is 48.0 Å². The summed E-state index contributed by atoms with van der Waals surface area (Å²) in [4.78, 5) is 19.6. The fourth-order valence-electron chi connectivity index (χ4n) is 3.43. The van der Waals surface area contributed by atoms with Crippen LogP contribution in [0.4, 0.5) is 11.5 Å². The number of amides is 1. The molecule has 26 heavy (non-hydrogen) atoms. The maximum atomic E-state index is 12.7. The van der Waals surface area contributed by atoms with Crippen LogP contribution in [-0.4, -0.2) is 31.1 Å². The van der Waals surface area contributed by atoms with E-state index < -0.39 is 0 Å². The Morgan fingerprint density at radius 1 is 1.27 bits per heavy atom. The molecule has 3 heterocycles. The molecule has 1 amide bonds. The van der Waals surface area contributed by atoms with Crippen molar-refractivity contribution in [1.29, 1.82) is 0 Å². The second-order valence-electron chi connectivity index (χ2n) is 6.47. The standard InChI is InChI=1S/C20H21N3O2S/c1-25-16-6-4-15(5-7-16)22-20(24)14-3-2-11-23(13-14)19-17-9-12-26-18(17)8-10-21-19/h4-10,12,14H,2-3,11,13H2,1H3,(H,22,24). The number of carbonyl (C=O) groups excluding carboxylic acids is 1. The number of rotatable bonds is 4. The van der Waals surface area contributed by atoms with Gasteiger partial charge in [0.1, 0.15) is 11.6 Å². The third kappa shape index (κ3) is 3.37. The third-order valence-corrected chi connectivity index (χ3v) is 5.69. The summed E-state index contributed by atoms with van der Waals surface area (Å²) in [6, 6.07) is 11.6. The Morgan fingerprint density at radius 3 is 2.92 bits per heavy atom. The van der Waals surface area contributed by atoms with Crippen molar-refractivity contribution in [3.8, 4) is 5.75 Å². The molecule has 1 aliphatic rings. The van der Waals surface area contributed by atoms with E-state index >= 15 is 0 Å². The molecule has 6 heteroatoms. The van der Waals surface area contributed by atoms with Crippen molar-refractivity contribution in [3.63, 3.8) is 0 Å². The predicted molar refractivity (Wildman–Crippen MR) is 106 cm³/mol. The van der Waals surface area contributed by atoms with E-state index in [0.717, 1.165) is 36.6 Å². The molecule has 0 bridgehead atoms. The van der Waals surface area contributed by atoms with E-state index in [-0.39, 0.29) is 11.8 Å². The van der Waals surface area contributed by atoms with Crippen LogP contribution in [0, 0.1) is 5.92 Å². The minimum Gasteiger partial charge on any atom is -0.497 e. The molecule has 0 aliphatic carbocycles. The number of ether oxygens (including phenoxy) is 1. The van der Waals surface area contributed by atoms with Gasteiger partial charge in [-0.25, -0.2) is 4.98 Å². The number of nitrogens with one attached hydrogen (secondary N) is 1. The molecule has 1 N–H and O–H groups in total. The fraction of sp³-hybridized carbons (Fsp3) is 0.300. The van der Waals surface area contributed by atoms with E-state index in [2.05, 4.69) is 26.6 Å². The fourth-order valence-corrected chi connectivity index (χ4v) is 4.21. The Labute approximate surface area is 156 Å². The lowest BCUT2D eigenvalue weighted by molar-refractivity contribution is -0.120. The molecule has 134 valence electrons. The van der Waals surface area contributed by atoms with Gasteiger partial charge in [0.05, 0.1) is 13.0 Å². The molecule has 1 aliphatic heterocycles. The summed E-state index contributed by atoms with van der Waals surface area (Å²) in [5.41, 5.74) is 0.797. The first-order valence-electron chi connectivity index (χ1n) is 8.76. The number of nitrogens with zero attached hydrogens (tertiary/aromatic N) is 2. The van der Waals surface area contributed by atoms with Crippen molar-refractivity contribution in [1.82, 2.24) is 4.98 Å². The Balaban J connectivity index is 1.47. The Kier molecular flexibility index (Phi) is 4.75. The van der Waals surface area contributed by atoms with Gasteiger partial charge in [0, 0.05) is 35.1 Å². The number of piperidine rings is 1. The first kappa shape index (κ1) is 16.8. The number of anilines is 2. The minimum atomic E-state index is -0.0402. The van der Waals surface area contributed by atoms with Gasteiger partial charge >= 0.3 is 0 Å². The first-order chi connectivity index (χ1) is 12.7. The monoisotopic (exact) mass is 367 g/mol. The average Bonchev–Trinajstić information content (AvgIpc) is 3.17. The highest BCUT2D eigenvalue weighted by molar-refractivity contribution is 7.17. The van der Waals surface area contributed by atoms with Gasteiger partial charge in [0.25, 0.3) is 0 Å². The number of thiophene rings is 1. The number of methoxy groups -OCH3 is 1. The number of aromatic nitrogens is 1. The van der Waals surface area contributed by atoms with Crippen LogP contribution in [0.5, 0.6) is 5.75 Å². The molecule has 0 spiro atoms. The maximum Gasteiger partial charge on any atom is 0.229 e. The van der Waals surface area contributed by atoms with Crippen LogP contribution in [0.3, 0.4) is 0 Å². The Bertz CT molecular complexity index is 907. The highest BCUT2D eigenvalue weighted by atomic mass is 32.1. The molecular formula is C20H21N3O2S. The normalized spacial score (nSPS) is 17.3. The molecule has 0 saturated carbocycles. The highest BCUT2D eigenvalue weighted by Gasteiger charge is 2.27. The molecule has 3 aromatic rings. The second-order valence-corrected chi connectivity index (χ2v) is 7.42.